The maximum atomic E-state index is 15.2. The number of hydrogen-bond donors (Lipinski definition) is 0. The molecule has 3 unspecified atom stereocenters. The SMILES string of the molecule is CC(C)CCC(C)CCc1cc2c(c(F)c1F)-c1c(cc(C3CCC(C)OC3)c(F)c1F)C2. The minimum atomic E-state index is -1.08. The summed E-state index contributed by atoms with van der Waals surface area (Å²) in [6, 6.07) is 3.30. The van der Waals surface area contributed by atoms with Crippen molar-refractivity contribution in [1.82, 2.24) is 0 Å². The predicted molar refractivity (Wildman–Crippen MR) is 123 cm³/mol. The van der Waals surface area contributed by atoms with Gasteiger partial charge in [-0.25, -0.2) is 17.6 Å². The molecular weight excluding hydrogens is 428 g/mol. The first-order chi connectivity index (χ1) is 15.7. The standard InChI is InChI=1S/C28H34F4O/c1-15(2)5-6-16(3)7-9-18-11-20-12-21-13-22(19-10-8-17(4)33-14-19)26(30)28(32)24(21)23(20)27(31)25(18)29/h11,13,15-17,19H,5-10,12,14H2,1-4H3. The average molecular weight is 463 g/mol. The van der Waals surface area contributed by atoms with Gasteiger partial charge in [0.05, 0.1) is 12.7 Å². The summed E-state index contributed by atoms with van der Waals surface area (Å²) in [4.78, 5) is 0. The van der Waals surface area contributed by atoms with Crippen LogP contribution in [0, 0.1) is 35.1 Å². The number of aryl methyl sites for hydroxylation is 1. The summed E-state index contributed by atoms with van der Waals surface area (Å²) in [7, 11) is 0. The van der Waals surface area contributed by atoms with Gasteiger partial charge in [-0.15, -0.1) is 0 Å². The van der Waals surface area contributed by atoms with Crippen LogP contribution in [-0.2, 0) is 17.6 Å². The van der Waals surface area contributed by atoms with Gasteiger partial charge in [0, 0.05) is 17.0 Å². The van der Waals surface area contributed by atoms with Gasteiger partial charge in [-0.3, -0.25) is 0 Å². The zero-order valence-electron chi connectivity index (χ0n) is 20.0. The number of halogens is 4. The molecule has 4 rings (SSSR count). The smallest absolute Gasteiger partial charge is 0.167 e. The fourth-order valence-electron chi connectivity index (χ4n) is 5.23. The third kappa shape index (κ3) is 4.84. The van der Waals surface area contributed by atoms with Gasteiger partial charge in [-0.2, -0.15) is 0 Å². The molecule has 0 aromatic heterocycles. The van der Waals surface area contributed by atoms with Crippen LogP contribution in [-0.4, -0.2) is 12.7 Å². The van der Waals surface area contributed by atoms with Crippen LogP contribution in [0.5, 0.6) is 0 Å². The van der Waals surface area contributed by atoms with Gasteiger partial charge in [0.2, 0.25) is 0 Å². The highest BCUT2D eigenvalue weighted by molar-refractivity contribution is 5.79. The molecule has 1 nitrogen and oxygen atoms in total. The fourth-order valence-corrected chi connectivity index (χ4v) is 5.23. The van der Waals surface area contributed by atoms with Crippen molar-refractivity contribution in [2.24, 2.45) is 11.8 Å². The van der Waals surface area contributed by atoms with Crippen molar-refractivity contribution >= 4 is 0 Å². The van der Waals surface area contributed by atoms with E-state index in [4.69, 9.17) is 4.74 Å². The normalized spacial score (nSPS) is 20.8. The van der Waals surface area contributed by atoms with Crippen molar-refractivity contribution in [3.8, 4) is 11.1 Å². The predicted octanol–water partition coefficient (Wildman–Crippen LogP) is 8.10. The summed E-state index contributed by atoms with van der Waals surface area (Å²) < 4.78 is 66.0. The topological polar surface area (TPSA) is 9.23 Å². The molecular formula is C28H34F4O. The number of rotatable bonds is 7. The van der Waals surface area contributed by atoms with E-state index in [1.54, 1.807) is 12.1 Å². The molecule has 0 bridgehead atoms. The molecule has 5 heteroatoms. The van der Waals surface area contributed by atoms with Crippen LogP contribution in [0.4, 0.5) is 17.6 Å². The molecule has 2 aromatic rings. The van der Waals surface area contributed by atoms with Gasteiger partial charge in [0.1, 0.15) is 0 Å². The van der Waals surface area contributed by atoms with Crippen LogP contribution in [0.25, 0.3) is 11.1 Å². The van der Waals surface area contributed by atoms with Gasteiger partial charge < -0.3 is 4.74 Å². The maximum absolute atomic E-state index is 15.2. The van der Waals surface area contributed by atoms with Crippen LogP contribution in [0.1, 0.15) is 88.0 Å². The first-order valence-corrected chi connectivity index (χ1v) is 12.3. The Balaban J connectivity index is 1.61. The molecule has 1 fully saturated rings. The number of fused-ring (bicyclic) bond motifs is 3. The van der Waals surface area contributed by atoms with Gasteiger partial charge >= 0.3 is 0 Å². The molecule has 2 aromatic carbocycles. The maximum Gasteiger partial charge on any atom is 0.167 e. The average Bonchev–Trinajstić information content (AvgIpc) is 3.15. The Bertz CT molecular complexity index is 1020. The lowest BCUT2D eigenvalue weighted by atomic mass is 9.88. The van der Waals surface area contributed by atoms with Crippen LogP contribution in [0.15, 0.2) is 12.1 Å². The van der Waals surface area contributed by atoms with E-state index < -0.39 is 23.3 Å². The first-order valence-electron chi connectivity index (χ1n) is 12.3. The van der Waals surface area contributed by atoms with Crippen LogP contribution < -0.4 is 0 Å². The van der Waals surface area contributed by atoms with E-state index in [0.717, 1.165) is 25.7 Å². The molecule has 0 radical (unpaired) electrons. The lowest BCUT2D eigenvalue weighted by Crippen LogP contribution is -2.23. The van der Waals surface area contributed by atoms with Crippen molar-refractivity contribution in [3.63, 3.8) is 0 Å². The summed E-state index contributed by atoms with van der Waals surface area (Å²) in [5, 5.41) is 0. The molecule has 0 amide bonds. The highest BCUT2D eigenvalue weighted by Gasteiger charge is 2.34. The van der Waals surface area contributed by atoms with E-state index in [1.807, 2.05) is 6.92 Å². The molecule has 33 heavy (non-hydrogen) atoms. The van der Waals surface area contributed by atoms with Gasteiger partial charge in [0.25, 0.3) is 0 Å². The van der Waals surface area contributed by atoms with Crippen molar-refractivity contribution in [3.05, 3.63) is 57.7 Å². The van der Waals surface area contributed by atoms with Crippen molar-refractivity contribution in [2.45, 2.75) is 84.7 Å². The van der Waals surface area contributed by atoms with E-state index in [-0.39, 0.29) is 35.1 Å². The highest BCUT2D eigenvalue weighted by Crippen LogP contribution is 2.45. The Hall–Kier alpha value is -1.88. The molecule has 2 aliphatic rings. The van der Waals surface area contributed by atoms with E-state index in [1.165, 1.54) is 0 Å². The van der Waals surface area contributed by atoms with Gasteiger partial charge in [-0.1, -0.05) is 45.7 Å². The number of ether oxygens (including phenoxy) is 1. The lowest BCUT2D eigenvalue weighted by molar-refractivity contribution is 0.0147. The second-order valence-corrected chi connectivity index (χ2v) is 10.5. The zero-order chi connectivity index (χ0) is 23.9. The van der Waals surface area contributed by atoms with Crippen molar-refractivity contribution in [1.29, 1.82) is 0 Å². The van der Waals surface area contributed by atoms with E-state index in [2.05, 4.69) is 20.8 Å². The van der Waals surface area contributed by atoms with Crippen LogP contribution in [0.2, 0.25) is 0 Å². The minimum absolute atomic E-state index is 0.108. The molecule has 1 aliphatic heterocycles. The molecule has 1 aliphatic carbocycles. The summed E-state index contributed by atoms with van der Waals surface area (Å²) in [5.41, 5.74) is 1.44. The molecule has 0 saturated carbocycles. The summed E-state index contributed by atoms with van der Waals surface area (Å²) in [5.74, 6) is -3.23. The largest absolute Gasteiger partial charge is 0.378 e. The van der Waals surface area contributed by atoms with Crippen molar-refractivity contribution in [2.75, 3.05) is 6.61 Å². The Labute approximate surface area is 194 Å². The molecule has 3 atom stereocenters. The Morgan fingerprint density at radius 1 is 0.848 bits per heavy atom. The second-order valence-electron chi connectivity index (χ2n) is 10.5. The molecule has 1 heterocycles. The minimum Gasteiger partial charge on any atom is -0.378 e. The first kappa shape index (κ1) is 24.3. The Kier molecular flexibility index (Phi) is 7.18. The molecule has 0 spiro atoms. The van der Waals surface area contributed by atoms with E-state index in [9.17, 15) is 4.39 Å². The molecule has 1 saturated heterocycles. The second kappa shape index (κ2) is 9.77. The third-order valence-corrected chi connectivity index (χ3v) is 7.40. The molecule has 0 N–H and O–H groups in total. The lowest BCUT2D eigenvalue weighted by Gasteiger charge is -2.28. The Morgan fingerprint density at radius 3 is 2.15 bits per heavy atom. The summed E-state index contributed by atoms with van der Waals surface area (Å²) >= 11 is 0. The van der Waals surface area contributed by atoms with E-state index in [0.29, 0.717) is 48.0 Å². The molecule has 180 valence electrons. The highest BCUT2D eigenvalue weighted by atomic mass is 19.2. The number of hydrogen-bond acceptors (Lipinski definition) is 1. The fraction of sp³-hybridized carbons (Fsp3) is 0.571. The zero-order valence-corrected chi connectivity index (χ0v) is 20.0. The van der Waals surface area contributed by atoms with Crippen LogP contribution in [0.3, 0.4) is 0 Å². The monoisotopic (exact) mass is 462 g/mol. The summed E-state index contributed by atoms with van der Waals surface area (Å²) in [6.07, 6.45) is 5.24. The number of benzene rings is 2. The van der Waals surface area contributed by atoms with E-state index >= 15 is 13.2 Å². The van der Waals surface area contributed by atoms with Crippen molar-refractivity contribution < 1.29 is 22.3 Å². The van der Waals surface area contributed by atoms with Gasteiger partial charge in [-0.05, 0) is 73.1 Å². The quantitative estimate of drug-likeness (QED) is 0.322. The van der Waals surface area contributed by atoms with Gasteiger partial charge in [0.15, 0.2) is 23.3 Å². The Morgan fingerprint density at radius 2 is 1.52 bits per heavy atom. The summed E-state index contributed by atoms with van der Waals surface area (Å²) in [6.45, 7) is 8.79. The van der Waals surface area contributed by atoms with Crippen LogP contribution >= 0.6 is 0 Å². The third-order valence-electron chi connectivity index (χ3n) is 7.40.